The molecule has 0 bridgehead atoms. The van der Waals surface area contributed by atoms with Crippen LogP contribution in [-0.4, -0.2) is 10.4 Å². The van der Waals surface area contributed by atoms with E-state index in [1.807, 2.05) is 6.07 Å². The molecule has 0 radical (unpaired) electrons. The van der Waals surface area contributed by atoms with Crippen LogP contribution in [0.25, 0.3) is 0 Å². The van der Waals surface area contributed by atoms with E-state index in [0.29, 0.717) is 11.7 Å². The van der Waals surface area contributed by atoms with Gasteiger partial charge in [0.2, 0.25) is 0 Å². The summed E-state index contributed by atoms with van der Waals surface area (Å²) in [5.41, 5.74) is 2.55. The topological polar surface area (TPSA) is 20.2 Å². The molecule has 0 amide bonds. The molecule has 1 aromatic carbocycles. The fourth-order valence-electron chi connectivity index (χ4n) is 2.65. The summed E-state index contributed by atoms with van der Waals surface area (Å²) in [6.45, 7) is 2.32. The lowest BCUT2D eigenvalue weighted by Gasteiger charge is -2.31. The third-order valence-corrected chi connectivity index (χ3v) is 4.00. The highest BCUT2D eigenvalue weighted by molar-refractivity contribution is 9.09. The summed E-state index contributed by atoms with van der Waals surface area (Å²) < 4.78 is 0. The molecule has 0 saturated carbocycles. The van der Waals surface area contributed by atoms with Crippen LogP contribution < -0.4 is 0 Å². The van der Waals surface area contributed by atoms with Gasteiger partial charge in [0.25, 0.3) is 0 Å². The quantitative estimate of drug-likeness (QED) is 0.809. The first-order valence-corrected chi connectivity index (χ1v) is 6.73. The Bertz CT molecular complexity index is 348. The van der Waals surface area contributed by atoms with E-state index in [1.54, 1.807) is 6.07 Å². The van der Waals surface area contributed by atoms with Crippen molar-refractivity contribution in [3.8, 4) is 5.75 Å². The number of phenolic OH excluding ortho intramolecular Hbond substituents is 1. The highest BCUT2D eigenvalue weighted by atomic mass is 79.9. The Morgan fingerprint density at radius 1 is 1.47 bits per heavy atom. The van der Waals surface area contributed by atoms with Crippen LogP contribution in [0.3, 0.4) is 0 Å². The fourth-order valence-corrected chi connectivity index (χ4v) is 3.14. The van der Waals surface area contributed by atoms with Gasteiger partial charge in [0, 0.05) is 5.33 Å². The van der Waals surface area contributed by atoms with E-state index in [1.165, 1.54) is 17.5 Å². The van der Waals surface area contributed by atoms with Gasteiger partial charge in [-0.3, -0.25) is 0 Å². The van der Waals surface area contributed by atoms with Gasteiger partial charge >= 0.3 is 0 Å². The molecule has 1 aromatic rings. The summed E-state index contributed by atoms with van der Waals surface area (Å²) in [5, 5.41) is 10.9. The third kappa shape index (κ3) is 2.05. The van der Waals surface area contributed by atoms with Crippen molar-refractivity contribution in [3.05, 3.63) is 29.3 Å². The van der Waals surface area contributed by atoms with Crippen molar-refractivity contribution in [2.75, 3.05) is 5.33 Å². The minimum Gasteiger partial charge on any atom is -0.508 e. The zero-order chi connectivity index (χ0) is 10.8. The van der Waals surface area contributed by atoms with Crippen molar-refractivity contribution in [3.63, 3.8) is 0 Å². The number of alkyl halides is 1. The lowest BCUT2D eigenvalue weighted by atomic mass is 9.74. The van der Waals surface area contributed by atoms with E-state index in [0.717, 1.165) is 24.1 Å². The predicted molar refractivity (Wildman–Crippen MR) is 66.7 cm³/mol. The number of phenols is 1. The molecule has 2 atom stereocenters. The smallest absolute Gasteiger partial charge is 0.119 e. The minimum absolute atomic E-state index is 0.485. The van der Waals surface area contributed by atoms with Crippen molar-refractivity contribution in [2.45, 2.75) is 32.1 Å². The number of halogens is 1. The maximum absolute atomic E-state index is 9.82. The summed E-state index contributed by atoms with van der Waals surface area (Å²) >= 11 is 3.52. The molecule has 1 N–H and O–H groups in total. The molecular formula is C13H17BrO. The average molecular weight is 269 g/mol. The van der Waals surface area contributed by atoms with Gasteiger partial charge in [-0.2, -0.15) is 0 Å². The summed E-state index contributed by atoms with van der Waals surface area (Å²) in [5.74, 6) is 1.83. The fraction of sp³-hybridized carbons (Fsp3) is 0.538. The Balaban J connectivity index is 2.39. The molecule has 0 spiro atoms. The zero-order valence-corrected chi connectivity index (χ0v) is 10.6. The van der Waals surface area contributed by atoms with Gasteiger partial charge < -0.3 is 5.11 Å². The first kappa shape index (κ1) is 11.0. The summed E-state index contributed by atoms with van der Waals surface area (Å²) in [6.07, 6.45) is 3.39. The molecule has 0 fully saturated rings. The number of benzene rings is 1. The molecule has 1 aliphatic carbocycles. The highest BCUT2D eigenvalue weighted by Gasteiger charge is 2.27. The molecular weight excluding hydrogens is 252 g/mol. The molecule has 1 aliphatic rings. The highest BCUT2D eigenvalue weighted by Crippen LogP contribution is 2.41. The SMILES string of the molecule is CC1CCc2c(O)cccc2C1CCBr. The van der Waals surface area contributed by atoms with Crippen molar-refractivity contribution >= 4 is 15.9 Å². The van der Waals surface area contributed by atoms with Crippen LogP contribution in [0.4, 0.5) is 0 Å². The second-order valence-electron chi connectivity index (χ2n) is 4.45. The monoisotopic (exact) mass is 268 g/mol. The van der Waals surface area contributed by atoms with Gasteiger partial charge in [0.15, 0.2) is 0 Å². The maximum Gasteiger partial charge on any atom is 0.119 e. The van der Waals surface area contributed by atoms with E-state index < -0.39 is 0 Å². The van der Waals surface area contributed by atoms with Crippen molar-refractivity contribution in [1.29, 1.82) is 0 Å². The van der Waals surface area contributed by atoms with E-state index in [9.17, 15) is 5.11 Å². The Labute approximate surface area is 99.6 Å². The van der Waals surface area contributed by atoms with Gasteiger partial charge in [0.05, 0.1) is 0 Å². The van der Waals surface area contributed by atoms with Crippen molar-refractivity contribution in [2.24, 2.45) is 5.92 Å². The molecule has 1 nitrogen and oxygen atoms in total. The number of hydrogen-bond donors (Lipinski definition) is 1. The standard InChI is InChI=1S/C13H17BrO/c1-9-5-6-12-11(10(9)7-8-14)3-2-4-13(12)15/h2-4,9-10,15H,5-8H2,1H3. The van der Waals surface area contributed by atoms with Gasteiger partial charge in [-0.1, -0.05) is 35.0 Å². The predicted octanol–water partition coefficient (Wildman–Crippen LogP) is 3.84. The van der Waals surface area contributed by atoms with Gasteiger partial charge in [0.1, 0.15) is 5.75 Å². The van der Waals surface area contributed by atoms with Gasteiger partial charge in [-0.15, -0.1) is 0 Å². The van der Waals surface area contributed by atoms with Crippen LogP contribution in [0, 0.1) is 5.92 Å². The minimum atomic E-state index is 0.485. The number of aromatic hydroxyl groups is 1. The zero-order valence-electron chi connectivity index (χ0n) is 9.04. The summed E-state index contributed by atoms with van der Waals surface area (Å²) in [4.78, 5) is 0. The molecule has 0 heterocycles. The Morgan fingerprint density at radius 2 is 2.27 bits per heavy atom. The van der Waals surface area contributed by atoms with E-state index in [4.69, 9.17) is 0 Å². The van der Waals surface area contributed by atoms with Crippen molar-refractivity contribution in [1.82, 2.24) is 0 Å². The first-order valence-electron chi connectivity index (χ1n) is 5.60. The van der Waals surface area contributed by atoms with Gasteiger partial charge in [-0.05, 0) is 48.3 Å². The Kier molecular flexibility index (Phi) is 3.35. The van der Waals surface area contributed by atoms with Crippen LogP contribution >= 0.6 is 15.9 Å². The normalized spacial score (nSPS) is 24.9. The molecule has 2 unspecified atom stereocenters. The first-order chi connectivity index (χ1) is 7.24. The Hall–Kier alpha value is -0.500. The summed E-state index contributed by atoms with van der Waals surface area (Å²) in [7, 11) is 0. The average Bonchev–Trinajstić information content (AvgIpc) is 2.23. The number of rotatable bonds is 2. The molecule has 0 aromatic heterocycles. The van der Waals surface area contributed by atoms with E-state index in [-0.39, 0.29) is 0 Å². The molecule has 15 heavy (non-hydrogen) atoms. The molecule has 2 rings (SSSR count). The molecule has 82 valence electrons. The summed E-state index contributed by atoms with van der Waals surface area (Å²) in [6, 6.07) is 5.95. The Morgan fingerprint density at radius 3 is 3.00 bits per heavy atom. The molecule has 2 heteroatoms. The van der Waals surface area contributed by atoms with E-state index >= 15 is 0 Å². The lowest BCUT2D eigenvalue weighted by Crippen LogP contribution is -2.18. The number of fused-ring (bicyclic) bond motifs is 1. The van der Waals surface area contributed by atoms with Crippen molar-refractivity contribution < 1.29 is 5.11 Å². The largest absolute Gasteiger partial charge is 0.508 e. The second kappa shape index (κ2) is 4.56. The second-order valence-corrected chi connectivity index (χ2v) is 5.24. The van der Waals surface area contributed by atoms with Crippen LogP contribution in [0.15, 0.2) is 18.2 Å². The molecule has 0 saturated heterocycles. The van der Waals surface area contributed by atoms with Crippen LogP contribution in [0.5, 0.6) is 5.75 Å². The van der Waals surface area contributed by atoms with Crippen LogP contribution in [0.1, 0.15) is 36.8 Å². The molecule has 0 aliphatic heterocycles. The lowest BCUT2D eigenvalue weighted by molar-refractivity contribution is 0.383. The maximum atomic E-state index is 9.82. The number of hydrogen-bond acceptors (Lipinski definition) is 1. The third-order valence-electron chi connectivity index (χ3n) is 3.54. The van der Waals surface area contributed by atoms with E-state index in [2.05, 4.69) is 28.9 Å². The van der Waals surface area contributed by atoms with Gasteiger partial charge in [-0.25, -0.2) is 0 Å². The van der Waals surface area contributed by atoms with Crippen LogP contribution in [-0.2, 0) is 6.42 Å². The van der Waals surface area contributed by atoms with Crippen LogP contribution in [0.2, 0.25) is 0 Å².